The summed E-state index contributed by atoms with van der Waals surface area (Å²) in [5.41, 5.74) is -0.294. The third-order valence-corrected chi connectivity index (χ3v) is 10.7. The van der Waals surface area contributed by atoms with E-state index < -0.39 is 23.3 Å². The fourth-order valence-corrected chi connectivity index (χ4v) is 8.56. The Labute approximate surface area is 276 Å². The average Bonchev–Trinajstić information content (AvgIpc) is 3.68. The van der Waals surface area contributed by atoms with Gasteiger partial charge in [-0.25, -0.2) is 13.2 Å². The van der Waals surface area contributed by atoms with E-state index in [1.54, 1.807) is 30.5 Å². The van der Waals surface area contributed by atoms with E-state index >= 15 is 8.78 Å². The van der Waals surface area contributed by atoms with Crippen molar-refractivity contribution in [1.82, 2.24) is 24.8 Å². The van der Waals surface area contributed by atoms with Crippen molar-refractivity contribution in [1.29, 1.82) is 0 Å². The van der Waals surface area contributed by atoms with Gasteiger partial charge in [-0.1, -0.05) is 12.1 Å². The third kappa shape index (κ3) is 5.40. The zero-order valence-corrected chi connectivity index (χ0v) is 26.9. The monoisotopic (exact) mass is 664 g/mol. The minimum Gasteiger partial charge on any atom is -0.468 e. The summed E-state index contributed by atoms with van der Waals surface area (Å²) in [6.45, 7) is 3.33. The lowest BCUT2D eigenvalue weighted by atomic mass is 9.95. The van der Waals surface area contributed by atoms with E-state index in [0.717, 1.165) is 32.2 Å². The highest BCUT2D eigenvalue weighted by atomic mass is 19.1. The lowest BCUT2D eigenvalue weighted by Crippen LogP contribution is -2.54. The molecule has 254 valence electrons. The Kier molecular flexibility index (Phi) is 8.26. The number of hydrogen-bond acceptors (Lipinski definition) is 10. The molecule has 1 N–H and O–H groups in total. The Morgan fingerprint density at radius 2 is 1.90 bits per heavy atom. The molecule has 4 saturated heterocycles. The number of piperazine rings is 1. The molecule has 8 rings (SSSR count). The third-order valence-electron chi connectivity index (χ3n) is 10.7. The highest BCUT2D eigenvalue weighted by Crippen LogP contribution is 2.42. The second-order valence-electron chi connectivity index (χ2n) is 13.5. The van der Waals surface area contributed by atoms with Gasteiger partial charge in [-0.3, -0.25) is 14.8 Å². The van der Waals surface area contributed by atoms with Crippen LogP contribution in [0.4, 0.5) is 19.0 Å². The van der Waals surface area contributed by atoms with E-state index in [1.807, 2.05) is 0 Å². The molecule has 4 atom stereocenters. The number of aromatic nitrogens is 3. The van der Waals surface area contributed by atoms with E-state index in [2.05, 4.69) is 24.7 Å². The van der Waals surface area contributed by atoms with Crippen LogP contribution in [0.2, 0.25) is 0 Å². The Hall–Kier alpha value is -3.78. The standard InChI is InChI=1S/C35H39F3N6O4/c1-46-20-48-25-12-21-4-2-5-28(37)29(21)26(13-25)31-30(38)32-27(15-39-31)33(42-17-23-6-7-24(18-42)44(23)10-11-45)41-34(40-32)47-19-35-8-3-9-43(35)16-22(36)14-35/h2,4-5,12-13,15,22-24,45H,3,6-11,14,16-20H2,1H3/t22-,23?,24?,35+/m1/s1. The number of aliphatic hydroxyl groups excluding tert-OH is 1. The summed E-state index contributed by atoms with van der Waals surface area (Å²) in [7, 11) is 1.49. The van der Waals surface area contributed by atoms with Crippen LogP contribution in [0, 0.1) is 11.6 Å². The number of ether oxygens (including phenoxy) is 3. The summed E-state index contributed by atoms with van der Waals surface area (Å²) < 4.78 is 63.9. The number of aliphatic hydroxyl groups is 1. The van der Waals surface area contributed by atoms with Crippen LogP contribution in [0.15, 0.2) is 36.5 Å². The summed E-state index contributed by atoms with van der Waals surface area (Å²) in [4.78, 5) is 20.6. The average molecular weight is 665 g/mol. The van der Waals surface area contributed by atoms with Crippen molar-refractivity contribution in [2.24, 2.45) is 0 Å². The first-order valence-corrected chi connectivity index (χ1v) is 16.7. The zero-order valence-electron chi connectivity index (χ0n) is 26.9. The molecule has 4 fully saturated rings. The molecule has 4 aromatic rings. The molecule has 13 heteroatoms. The Bertz CT molecular complexity index is 1840. The molecule has 0 radical (unpaired) electrons. The van der Waals surface area contributed by atoms with Gasteiger partial charge in [-0.05, 0) is 55.8 Å². The van der Waals surface area contributed by atoms with E-state index in [9.17, 15) is 9.50 Å². The quantitative estimate of drug-likeness (QED) is 0.240. The van der Waals surface area contributed by atoms with Crippen LogP contribution in [0.25, 0.3) is 32.9 Å². The predicted molar refractivity (Wildman–Crippen MR) is 174 cm³/mol. The zero-order chi connectivity index (χ0) is 33.0. The van der Waals surface area contributed by atoms with Gasteiger partial charge in [0.05, 0.1) is 17.5 Å². The molecule has 2 aromatic heterocycles. The van der Waals surface area contributed by atoms with Crippen molar-refractivity contribution < 1.29 is 32.5 Å². The molecule has 0 spiro atoms. The molecule has 6 heterocycles. The van der Waals surface area contributed by atoms with Crippen LogP contribution in [-0.2, 0) is 4.74 Å². The second kappa shape index (κ2) is 12.6. The van der Waals surface area contributed by atoms with E-state index in [1.165, 1.54) is 13.2 Å². The van der Waals surface area contributed by atoms with Gasteiger partial charge >= 0.3 is 6.01 Å². The maximum Gasteiger partial charge on any atom is 0.319 e. The number of nitrogens with zero attached hydrogens (tertiary/aromatic N) is 6. The molecule has 2 unspecified atom stereocenters. The van der Waals surface area contributed by atoms with E-state index in [0.29, 0.717) is 54.9 Å². The van der Waals surface area contributed by atoms with Crippen molar-refractivity contribution in [3.8, 4) is 23.0 Å². The van der Waals surface area contributed by atoms with Gasteiger partial charge in [-0.2, -0.15) is 9.97 Å². The first-order valence-electron chi connectivity index (χ1n) is 16.7. The van der Waals surface area contributed by atoms with Gasteiger partial charge in [-0.15, -0.1) is 0 Å². The fourth-order valence-electron chi connectivity index (χ4n) is 8.56. The van der Waals surface area contributed by atoms with E-state index in [-0.39, 0.29) is 60.3 Å². The molecule has 4 aliphatic heterocycles. The smallest absolute Gasteiger partial charge is 0.319 e. The van der Waals surface area contributed by atoms with Crippen LogP contribution < -0.4 is 14.4 Å². The highest BCUT2D eigenvalue weighted by Gasteiger charge is 2.49. The maximum atomic E-state index is 17.0. The number of fused-ring (bicyclic) bond motifs is 5. The molecule has 48 heavy (non-hydrogen) atoms. The predicted octanol–water partition coefficient (Wildman–Crippen LogP) is 4.71. The fraction of sp³-hybridized carbons (Fsp3) is 0.514. The summed E-state index contributed by atoms with van der Waals surface area (Å²) in [5.74, 6) is -0.370. The van der Waals surface area contributed by atoms with Crippen molar-refractivity contribution in [3.63, 3.8) is 0 Å². The number of alkyl halides is 1. The van der Waals surface area contributed by atoms with Crippen molar-refractivity contribution in [2.45, 2.75) is 55.9 Å². The van der Waals surface area contributed by atoms with Gasteiger partial charge in [0.25, 0.3) is 0 Å². The Balaban J connectivity index is 1.24. The minimum absolute atomic E-state index is 0.00778. The van der Waals surface area contributed by atoms with Crippen LogP contribution in [0.5, 0.6) is 11.8 Å². The van der Waals surface area contributed by atoms with Crippen molar-refractivity contribution >= 4 is 27.5 Å². The van der Waals surface area contributed by atoms with E-state index in [4.69, 9.17) is 19.2 Å². The molecule has 4 aliphatic rings. The number of hydrogen-bond donors (Lipinski definition) is 1. The molecular formula is C35H39F3N6O4. The minimum atomic E-state index is -0.919. The largest absolute Gasteiger partial charge is 0.468 e. The molecule has 10 nitrogen and oxygen atoms in total. The molecule has 2 aromatic carbocycles. The maximum absolute atomic E-state index is 17.0. The van der Waals surface area contributed by atoms with Gasteiger partial charge in [0.2, 0.25) is 0 Å². The number of benzene rings is 2. The first kappa shape index (κ1) is 31.5. The Morgan fingerprint density at radius 1 is 1.06 bits per heavy atom. The number of anilines is 1. The molecule has 0 amide bonds. The normalized spacial score (nSPS) is 25.8. The van der Waals surface area contributed by atoms with Crippen molar-refractivity contribution in [3.05, 3.63) is 48.2 Å². The molecule has 0 aliphatic carbocycles. The number of methoxy groups -OCH3 is 1. The van der Waals surface area contributed by atoms with Gasteiger partial charge < -0.3 is 24.2 Å². The van der Waals surface area contributed by atoms with Crippen molar-refractivity contribution in [2.75, 3.05) is 64.7 Å². The van der Waals surface area contributed by atoms with Crippen LogP contribution in [0.3, 0.4) is 0 Å². The Morgan fingerprint density at radius 3 is 2.69 bits per heavy atom. The van der Waals surface area contributed by atoms with Crippen LogP contribution in [0.1, 0.15) is 32.1 Å². The summed E-state index contributed by atoms with van der Waals surface area (Å²) in [5, 5.41) is 10.8. The SMILES string of the molecule is COCOc1cc(-c2ncc3c(N4CC5CCC(C4)N5CCO)nc(OC[C@@]45CCCN4C[C@H](F)C5)nc3c2F)c2c(F)cccc2c1. The molecule has 2 bridgehead atoms. The summed E-state index contributed by atoms with van der Waals surface area (Å²) >= 11 is 0. The first-order chi connectivity index (χ1) is 23.4. The van der Waals surface area contributed by atoms with Crippen LogP contribution >= 0.6 is 0 Å². The summed E-state index contributed by atoms with van der Waals surface area (Å²) in [6, 6.07) is 8.32. The lowest BCUT2D eigenvalue weighted by Gasteiger charge is -2.41. The van der Waals surface area contributed by atoms with Crippen LogP contribution in [-0.4, -0.2) is 113 Å². The van der Waals surface area contributed by atoms with Gasteiger partial charge in [0.1, 0.15) is 41.4 Å². The summed E-state index contributed by atoms with van der Waals surface area (Å²) in [6.07, 6.45) is 4.77. The number of rotatable bonds is 10. The highest BCUT2D eigenvalue weighted by molar-refractivity contribution is 6.00. The molecular weight excluding hydrogens is 625 g/mol. The van der Waals surface area contributed by atoms with Gasteiger partial charge in [0.15, 0.2) is 12.6 Å². The van der Waals surface area contributed by atoms with Gasteiger partial charge in [0, 0.05) is 68.9 Å². The second-order valence-corrected chi connectivity index (χ2v) is 13.5. The molecule has 0 saturated carbocycles. The number of pyridine rings is 1. The topological polar surface area (TPSA) is 96.3 Å². The lowest BCUT2D eigenvalue weighted by molar-refractivity contribution is 0.0512. The number of halogens is 3.